The molecule has 6 nitrogen and oxygen atoms in total. The van der Waals surface area contributed by atoms with Gasteiger partial charge in [-0.15, -0.1) is 0 Å². The van der Waals surface area contributed by atoms with E-state index in [1.807, 2.05) is 0 Å². The molecule has 0 radical (unpaired) electrons. The minimum Gasteiger partial charge on any atom is -0.493 e. The van der Waals surface area contributed by atoms with Crippen LogP contribution in [0.5, 0.6) is 23.0 Å². The molecule has 0 N–H and O–H groups in total. The zero-order valence-electron chi connectivity index (χ0n) is 18.2. The summed E-state index contributed by atoms with van der Waals surface area (Å²) in [6.07, 6.45) is 2.08. The lowest BCUT2D eigenvalue weighted by Crippen LogP contribution is -2.54. The van der Waals surface area contributed by atoms with Crippen molar-refractivity contribution in [2.45, 2.75) is 24.9 Å². The van der Waals surface area contributed by atoms with Gasteiger partial charge in [0.1, 0.15) is 0 Å². The number of hydrogen-bond donors (Lipinski definition) is 0. The number of methoxy groups -OCH3 is 4. The summed E-state index contributed by atoms with van der Waals surface area (Å²) in [5, 5.41) is 0. The Morgan fingerprint density at radius 2 is 0.967 bits per heavy atom. The predicted molar refractivity (Wildman–Crippen MR) is 115 cm³/mol. The van der Waals surface area contributed by atoms with E-state index in [1.54, 1.807) is 28.4 Å². The largest absolute Gasteiger partial charge is 0.493 e. The van der Waals surface area contributed by atoms with Gasteiger partial charge in [0.25, 0.3) is 0 Å². The highest BCUT2D eigenvalue weighted by Gasteiger charge is 2.41. The Balaban J connectivity index is 1.48. The number of fused-ring (bicyclic) bond motifs is 6. The predicted octanol–water partition coefficient (Wildman–Crippen LogP) is 3.23. The minimum atomic E-state index is 0.395. The van der Waals surface area contributed by atoms with Crippen molar-refractivity contribution in [2.24, 2.45) is 0 Å². The van der Waals surface area contributed by atoms with Gasteiger partial charge in [-0.05, 0) is 59.4 Å². The zero-order chi connectivity index (χ0) is 20.8. The quantitative estimate of drug-likeness (QED) is 0.771. The molecule has 0 aliphatic carbocycles. The molecule has 0 aromatic heterocycles. The average Bonchev–Trinajstić information content (AvgIpc) is 2.80. The molecule has 3 heterocycles. The number of rotatable bonds is 4. The Kier molecular flexibility index (Phi) is 4.99. The molecule has 3 aliphatic rings. The summed E-state index contributed by atoms with van der Waals surface area (Å²) in [6.45, 7) is 4.20. The van der Waals surface area contributed by atoms with E-state index in [0.717, 1.165) is 62.0 Å². The second-order valence-electron chi connectivity index (χ2n) is 8.33. The first kappa shape index (κ1) is 19.5. The normalized spacial score (nSPS) is 22.9. The topological polar surface area (TPSA) is 43.4 Å². The highest BCUT2D eigenvalue weighted by molar-refractivity contribution is 5.51. The number of nitrogens with zero attached hydrogens (tertiary/aromatic N) is 2. The van der Waals surface area contributed by atoms with Crippen LogP contribution in [0.1, 0.15) is 34.3 Å². The molecule has 1 fully saturated rings. The Hall–Kier alpha value is -2.44. The first-order valence-corrected chi connectivity index (χ1v) is 10.6. The third-order valence-corrected chi connectivity index (χ3v) is 7.04. The van der Waals surface area contributed by atoms with Crippen LogP contribution in [-0.2, 0) is 12.8 Å². The molecule has 0 saturated carbocycles. The van der Waals surface area contributed by atoms with Crippen molar-refractivity contribution in [1.29, 1.82) is 0 Å². The molecule has 160 valence electrons. The van der Waals surface area contributed by atoms with Crippen molar-refractivity contribution in [1.82, 2.24) is 9.80 Å². The van der Waals surface area contributed by atoms with E-state index in [4.69, 9.17) is 18.9 Å². The fourth-order valence-corrected chi connectivity index (χ4v) is 5.47. The zero-order valence-corrected chi connectivity index (χ0v) is 18.2. The van der Waals surface area contributed by atoms with E-state index in [-0.39, 0.29) is 0 Å². The summed E-state index contributed by atoms with van der Waals surface area (Å²) in [5.41, 5.74) is 5.54. The minimum absolute atomic E-state index is 0.395. The van der Waals surface area contributed by atoms with Crippen LogP contribution in [0.2, 0.25) is 0 Å². The SMILES string of the molecule is COc1cc2c(cc1OC)[C@H]1CN3CCc4cc(OC)c(OC)cc4[C@H]3CN1CC2. The molecule has 0 unspecified atom stereocenters. The summed E-state index contributed by atoms with van der Waals surface area (Å²) in [4.78, 5) is 5.28. The van der Waals surface area contributed by atoms with Crippen molar-refractivity contribution in [3.63, 3.8) is 0 Å². The van der Waals surface area contributed by atoms with E-state index in [9.17, 15) is 0 Å². The summed E-state index contributed by atoms with van der Waals surface area (Å²) < 4.78 is 22.3. The summed E-state index contributed by atoms with van der Waals surface area (Å²) in [6, 6.07) is 9.51. The highest BCUT2D eigenvalue weighted by atomic mass is 16.5. The fourth-order valence-electron chi connectivity index (χ4n) is 5.47. The van der Waals surface area contributed by atoms with Crippen LogP contribution in [0, 0.1) is 0 Å². The molecule has 0 bridgehead atoms. The number of hydrogen-bond acceptors (Lipinski definition) is 6. The molecule has 0 spiro atoms. The van der Waals surface area contributed by atoms with Crippen LogP contribution in [-0.4, -0.2) is 64.4 Å². The molecule has 1 saturated heterocycles. The van der Waals surface area contributed by atoms with Crippen molar-refractivity contribution in [3.05, 3.63) is 46.5 Å². The monoisotopic (exact) mass is 410 g/mol. The standard InChI is InChI=1S/C24H30N2O4/c1-27-21-9-15-5-7-25-14-20-18-12-24(30-4)22(28-2)10-16(18)6-8-26(20)13-19(25)17(15)11-23(21)29-3/h9-12,19-20H,5-8,13-14H2,1-4H3/t19-,20-/m1/s1. The van der Waals surface area contributed by atoms with Gasteiger partial charge in [-0.3, -0.25) is 9.80 Å². The van der Waals surface area contributed by atoms with Gasteiger partial charge in [0.15, 0.2) is 23.0 Å². The van der Waals surface area contributed by atoms with Crippen LogP contribution >= 0.6 is 0 Å². The Morgan fingerprint density at radius 3 is 1.33 bits per heavy atom. The molecular weight excluding hydrogens is 380 g/mol. The van der Waals surface area contributed by atoms with Crippen LogP contribution in [0.25, 0.3) is 0 Å². The highest BCUT2D eigenvalue weighted by Crippen LogP contribution is 2.45. The van der Waals surface area contributed by atoms with Gasteiger partial charge >= 0.3 is 0 Å². The molecule has 5 rings (SSSR count). The Bertz CT molecular complexity index is 883. The second-order valence-corrected chi connectivity index (χ2v) is 8.33. The van der Waals surface area contributed by atoms with Crippen LogP contribution in [0.4, 0.5) is 0 Å². The van der Waals surface area contributed by atoms with Crippen molar-refractivity contribution < 1.29 is 18.9 Å². The molecule has 2 atom stereocenters. The first-order valence-electron chi connectivity index (χ1n) is 10.6. The molecule has 30 heavy (non-hydrogen) atoms. The van der Waals surface area contributed by atoms with Crippen molar-refractivity contribution in [2.75, 3.05) is 54.6 Å². The van der Waals surface area contributed by atoms with E-state index in [0.29, 0.717) is 12.1 Å². The average molecular weight is 411 g/mol. The fraction of sp³-hybridized carbons (Fsp3) is 0.500. The molecule has 0 amide bonds. The number of benzene rings is 2. The lowest BCUT2D eigenvalue weighted by molar-refractivity contribution is 0.0157. The van der Waals surface area contributed by atoms with Crippen LogP contribution in [0.3, 0.4) is 0 Å². The van der Waals surface area contributed by atoms with E-state index in [1.165, 1.54) is 22.3 Å². The first-order chi connectivity index (χ1) is 14.7. The maximum atomic E-state index is 5.60. The maximum Gasteiger partial charge on any atom is 0.161 e. The smallest absolute Gasteiger partial charge is 0.161 e. The molecule has 2 aromatic carbocycles. The van der Waals surface area contributed by atoms with Crippen molar-refractivity contribution in [3.8, 4) is 23.0 Å². The van der Waals surface area contributed by atoms with Gasteiger partial charge in [0.05, 0.1) is 28.4 Å². The van der Waals surface area contributed by atoms with Crippen molar-refractivity contribution >= 4 is 0 Å². The second kappa shape index (κ2) is 7.67. The third-order valence-electron chi connectivity index (χ3n) is 7.04. The van der Waals surface area contributed by atoms with Gasteiger partial charge in [0, 0.05) is 38.3 Å². The number of ether oxygens (including phenoxy) is 4. The van der Waals surface area contributed by atoms with E-state index < -0.39 is 0 Å². The summed E-state index contributed by atoms with van der Waals surface area (Å²) in [7, 11) is 6.84. The Morgan fingerprint density at radius 1 is 0.600 bits per heavy atom. The van der Waals surface area contributed by atoms with Crippen LogP contribution < -0.4 is 18.9 Å². The van der Waals surface area contributed by atoms with E-state index in [2.05, 4.69) is 34.1 Å². The van der Waals surface area contributed by atoms with Crippen LogP contribution in [0.15, 0.2) is 24.3 Å². The Labute approximate surface area is 178 Å². The third kappa shape index (κ3) is 3.01. The van der Waals surface area contributed by atoms with Gasteiger partial charge < -0.3 is 18.9 Å². The van der Waals surface area contributed by atoms with Gasteiger partial charge in [-0.1, -0.05) is 0 Å². The van der Waals surface area contributed by atoms with Gasteiger partial charge in [-0.25, -0.2) is 0 Å². The molecule has 6 heteroatoms. The van der Waals surface area contributed by atoms with E-state index >= 15 is 0 Å². The lowest BCUT2D eigenvalue weighted by atomic mass is 9.84. The maximum absolute atomic E-state index is 5.60. The summed E-state index contributed by atoms with van der Waals surface area (Å²) >= 11 is 0. The molecular formula is C24H30N2O4. The number of piperazine rings is 1. The van der Waals surface area contributed by atoms with Gasteiger partial charge in [-0.2, -0.15) is 0 Å². The summed E-state index contributed by atoms with van der Waals surface area (Å²) in [5.74, 6) is 3.29. The lowest BCUT2D eigenvalue weighted by Gasteiger charge is -2.51. The molecule has 2 aromatic rings. The van der Waals surface area contributed by atoms with Gasteiger partial charge in [0.2, 0.25) is 0 Å². The molecule has 3 aliphatic heterocycles.